The van der Waals surface area contributed by atoms with Gasteiger partial charge < -0.3 is 5.32 Å². The molecule has 1 aliphatic heterocycles. The number of hydrogen-bond donors (Lipinski definition) is 1. The zero-order chi connectivity index (χ0) is 14.5. The summed E-state index contributed by atoms with van der Waals surface area (Å²) >= 11 is 6.14. The molecule has 1 saturated heterocycles. The van der Waals surface area contributed by atoms with Crippen LogP contribution in [0.5, 0.6) is 0 Å². The van der Waals surface area contributed by atoms with Gasteiger partial charge in [0.15, 0.2) is 0 Å². The van der Waals surface area contributed by atoms with E-state index in [1.165, 1.54) is 18.9 Å². The van der Waals surface area contributed by atoms with E-state index < -0.39 is 0 Å². The SMILES string of the molecule is CC(C)CN(Cc1c(F)cccc1Cl)CC1CCCN1. The van der Waals surface area contributed by atoms with E-state index in [4.69, 9.17) is 11.6 Å². The first-order valence-corrected chi connectivity index (χ1v) is 7.82. The molecule has 1 aliphatic rings. The van der Waals surface area contributed by atoms with Crippen molar-refractivity contribution in [3.8, 4) is 0 Å². The Labute approximate surface area is 126 Å². The Bertz CT molecular complexity index is 410. The number of rotatable bonds is 6. The summed E-state index contributed by atoms with van der Waals surface area (Å²) in [5.74, 6) is 0.354. The first-order chi connectivity index (χ1) is 9.56. The van der Waals surface area contributed by atoms with E-state index >= 15 is 0 Å². The van der Waals surface area contributed by atoms with E-state index in [1.807, 2.05) is 0 Å². The number of nitrogens with one attached hydrogen (secondary N) is 1. The molecule has 1 N–H and O–H groups in total. The van der Waals surface area contributed by atoms with Crippen LogP contribution in [0.15, 0.2) is 18.2 Å². The smallest absolute Gasteiger partial charge is 0.129 e. The van der Waals surface area contributed by atoms with Crippen molar-refractivity contribution in [2.45, 2.75) is 39.3 Å². The minimum atomic E-state index is -0.203. The predicted octanol–water partition coefficient (Wildman–Crippen LogP) is 3.69. The second-order valence-electron chi connectivity index (χ2n) is 6.08. The van der Waals surface area contributed by atoms with Gasteiger partial charge >= 0.3 is 0 Å². The van der Waals surface area contributed by atoms with E-state index in [-0.39, 0.29) is 5.82 Å². The molecule has 112 valence electrons. The molecule has 0 aliphatic carbocycles. The van der Waals surface area contributed by atoms with Crippen LogP contribution >= 0.6 is 11.6 Å². The molecular formula is C16H24ClFN2. The lowest BCUT2D eigenvalue weighted by molar-refractivity contribution is 0.214. The quantitative estimate of drug-likeness (QED) is 0.862. The van der Waals surface area contributed by atoms with Crippen molar-refractivity contribution < 1.29 is 4.39 Å². The fourth-order valence-electron chi connectivity index (χ4n) is 2.85. The summed E-state index contributed by atoms with van der Waals surface area (Å²) in [7, 11) is 0. The first-order valence-electron chi connectivity index (χ1n) is 7.45. The Morgan fingerprint density at radius 2 is 2.25 bits per heavy atom. The third-order valence-electron chi connectivity index (χ3n) is 3.71. The van der Waals surface area contributed by atoms with Crippen molar-refractivity contribution >= 4 is 11.6 Å². The van der Waals surface area contributed by atoms with Crippen molar-refractivity contribution in [3.63, 3.8) is 0 Å². The van der Waals surface area contributed by atoms with Gasteiger partial charge in [-0.2, -0.15) is 0 Å². The van der Waals surface area contributed by atoms with Crippen molar-refractivity contribution in [2.75, 3.05) is 19.6 Å². The Balaban J connectivity index is 2.06. The predicted molar refractivity (Wildman–Crippen MR) is 82.5 cm³/mol. The lowest BCUT2D eigenvalue weighted by atomic mass is 10.1. The molecule has 20 heavy (non-hydrogen) atoms. The first kappa shape index (κ1) is 15.7. The highest BCUT2D eigenvalue weighted by atomic mass is 35.5. The summed E-state index contributed by atoms with van der Waals surface area (Å²) in [6.07, 6.45) is 2.44. The van der Waals surface area contributed by atoms with Crippen molar-refractivity contribution in [1.29, 1.82) is 0 Å². The standard InChI is InChI=1S/C16H24ClFN2/c1-12(2)9-20(10-13-5-4-8-19-13)11-14-15(17)6-3-7-16(14)18/h3,6-7,12-13,19H,4-5,8-11H2,1-2H3. The Morgan fingerprint density at radius 3 is 2.85 bits per heavy atom. The Morgan fingerprint density at radius 1 is 1.45 bits per heavy atom. The van der Waals surface area contributed by atoms with E-state index in [0.29, 0.717) is 29.1 Å². The molecule has 1 unspecified atom stereocenters. The normalized spacial score (nSPS) is 19.2. The van der Waals surface area contributed by atoms with Gasteiger partial charge in [-0.05, 0) is 37.4 Å². The molecule has 4 heteroatoms. The summed E-state index contributed by atoms with van der Waals surface area (Å²) in [5, 5.41) is 4.03. The Kier molecular flexibility index (Phi) is 5.82. The summed E-state index contributed by atoms with van der Waals surface area (Å²) in [6, 6.07) is 5.44. The summed E-state index contributed by atoms with van der Waals surface area (Å²) < 4.78 is 13.9. The van der Waals surface area contributed by atoms with Crippen LogP contribution in [0.3, 0.4) is 0 Å². The summed E-state index contributed by atoms with van der Waals surface area (Å²) in [5.41, 5.74) is 0.618. The van der Waals surface area contributed by atoms with E-state index in [9.17, 15) is 4.39 Å². The van der Waals surface area contributed by atoms with Gasteiger partial charge in [0.05, 0.1) is 0 Å². The van der Waals surface area contributed by atoms with E-state index in [1.54, 1.807) is 12.1 Å². The minimum absolute atomic E-state index is 0.203. The molecule has 1 aromatic carbocycles. The zero-order valence-corrected chi connectivity index (χ0v) is 13.1. The molecule has 2 nitrogen and oxygen atoms in total. The maximum absolute atomic E-state index is 13.9. The molecular weight excluding hydrogens is 275 g/mol. The molecule has 1 aromatic rings. The Hall–Kier alpha value is -0.640. The maximum atomic E-state index is 13.9. The van der Waals surface area contributed by atoms with Crippen molar-refractivity contribution in [3.05, 3.63) is 34.6 Å². The molecule has 2 rings (SSSR count). The molecule has 0 saturated carbocycles. The van der Waals surface area contributed by atoms with Crippen LogP contribution in [-0.2, 0) is 6.54 Å². The second-order valence-corrected chi connectivity index (χ2v) is 6.49. The van der Waals surface area contributed by atoms with Crippen LogP contribution in [-0.4, -0.2) is 30.6 Å². The lowest BCUT2D eigenvalue weighted by Crippen LogP contribution is -2.39. The lowest BCUT2D eigenvalue weighted by Gasteiger charge is -2.27. The van der Waals surface area contributed by atoms with Gasteiger partial charge in [-0.15, -0.1) is 0 Å². The molecule has 1 fully saturated rings. The average molecular weight is 299 g/mol. The maximum Gasteiger partial charge on any atom is 0.129 e. The number of nitrogens with zero attached hydrogens (tertiary/aromatic N) is 1. The van der Waals surface area contributed by atoms with E-state index in [0.717, 1.165) is 19.6 Å². The van der Waals surface area contributed by atoms with Crippen LogP contribution < -0.4 is 5.32 Å². The second kappa shape index (κ2) is 7.39. The number of benzene rings is 1. The molecule has 0 spiro atoms. The molecule has 0 aromatic heterocycles. The molecule has 0 amide bonds. The molecule has 1 heterocycles. The number of hydrogen-bond acceptors (Lipinski definition) is 2. The van der Waals surface area contributed by atoms with Gasteiger partial charge in [0.1, 0.15) is 5.82 Å². The molecule has 0 bridgehead atoms. The number of halogens is 2. The van der Waals surface area contributed by atoms with Crippen LogP contribution in [0.4, 0.5) is 4.39 Å². The van der Waals surface area contributed by atoms with Gasteiger partial charge in [-0.25, -0.2) is 4.39 Å². The third kappa shape index (κ3) is 4.44. The minimum Gasteiger partial charge on any atom is -0.313 e. The topological polar surface area (TPSA) is 15.3 Å². The van der Waals surface area contributed by atoms with Crippen LogP contribution in [0.2, 0.25) is 5.02 Å². The average Bonchev–Trinajstić information content (AvgIpc) is 2.86. The van der Waals surface area contributed by atoms with Gasteiger partial charge in [0.25, 0.3) is 0 Å². The fourth-order valence-corrected chi connectivity index (χ4v) is 3.07. The highest BCUT2D eigenvalue weighted by Crippen LogP contribution is 2.22. The van der Waals surface area contributed by atoms with Crippen molar-refractivity contribution in [2.24, 2.45) is 5.92 Å². The zero-order valence-electron chi connectivity index (χ0n) is 12.3. The molecule has 1 atom stereocenters. The monoisotopic (exact) mass is 298 g/mol. The summed E-state index contributed by atoms with van der Waals surface area (Å²) in [6.45, 7) is 7.99. The summed E-state index contributed by atoms with van der Waals surface area (Å²) in [4.78, 5) is 2.32. The molecule has 0 radical (unpaired) electrons. The highest BCUT2D eigenvalue weighted by Gasteiger charge is 2.20. The van der Waals surface area contributed by atoms with Gasteiger partial charge in [0.2, 0.25) is 0 Å². The van der Waals surface area contributed by atoms with Crippen molar-refractivity contribution in [1.82, 2.24) is 10.2 Å². The van der Waals surface area contributed by atoms with Gasteiger partial charge in [-0.3, -0.25) is 4.90 Å². The van der Waals surface area contributed by atoms with Crippen LogP contribution in [0.1, 0.15) is 32.3 Å². The van der Waals surface area contributed by atoms with Gasteiger partial charge in [0, 0.05) is 36.3 Å². The highest BCUT2D eigenvalue weighted by molar-refractivity contribution is 6.31. The largest absolute Gasteiger partial charge is 0.313 e. The fraction of sp³-hybridized carbons (Fsp3) is 0.625. The third-order valence-corrected chi connectivity index (χ3v) is 4.06. The van der Waals surface area contributed by atoms with E-state index in [2.05, 4.69) is 24.1 Å². The van der Waals surface area contributed by atoms with Crippen LogP contribution in [0.25, 0.3) is 0 Å². The van der Waals surface area contributed by atoms with Crippen LogP contribution in [0, 0.1) is 11.7 Å². The van der Waals surface area contributed by atoms with Gasteiger partial charge in [-0.1, -0.05) is 31.5 Å².